The van der Waals surface area contributed by atoms with Crippen molar-refractivity contribution in [2.75, 3.05) is 0 Å². The predicted molar refractivity (Wildman–Crippen MR) is 243 cm³/mol. The Kier molecular flexibility index (Phi) is 8.80. The average Bonchev–Trinajstić information content (AvgIpc) is 3.67. The molecule has 8 aromatic rings. The third kappa shape index (κ3) is 6.25. The average molecular weight is 760 g/mol. The van der Waals surface area contributed by atoms with Crippen LogP contribution in [0.2, 0.25) is 0 Å². The molecular weight excluding hydrogens is 707 g/mol. The van der Waals surface area contributed by atoms with Crippen LogP contribution in [-0.4, -0.2) is 14.1 Å². The lowest BCUT2D eigenvalue weighted by Crippen LogP contribution is -2.11. The van der Waals surface area contributed by atoms with E-state index >= 15 is 0 Å². The molecule has 58 heavy (non-hydrogen) atoms. The molecule has 0 bridgehead atoms. The molecule has 0 aliphatic carbocycles. The molecule has 0 N–H and O–H groups in total. The molecule has 3 heterocycles. The fraction of sp³-hybridized carbons (Fsp3) is 0.302. The Bertz CT molecular complexity index is 2740. The molecule has 0 atom stereocenters. The second kappa shape index (κ2) is 13.2. The second-order valence-corrected chi connectivity index (χ2v) is 20.1. The first-order valence-electron chi connectivity index (χ1n) is 20.3. The lowest BCUT2D eigenvalue weighted by molar-refractivity contribution is 0.590. The van der Waals surface area contributed by atoms with Gasteiger partial charge in [-0.05, 0) is 98.5 Å². The van der Waals surface area contributed by atoms with Gasteiger partial charge in [-0.1, -0.05) is 119 Å². The molecule has 3 aromatic heterocycles. The van der Waals surface area contributed by atoms with Gasteiger partial charge in [-0.3, -0.25) is 4.98 Å². The van der Waals surface area contributed by atoms with Gasteiger partial charge in [0, 0.05) is 32.7 Å². The van der Waals surface area contributed by atoms with Crippen molar-refractivity contribution in [3.63, 3.8) is 0 Å². The number of nitrogens with zero attached hydrogens (tertiary/aromatic N) is 5. The number of hydrogen-bond acceptors (Lipinski definition) is 3. The number of benzene rings is 5. The number of aromatic nitrogens is 3. The highest BCUT2D eigenvalue weighted by atomic mass is 15.0. The Morgan fingerprint density at radius 2 is 0.793 bits per heavy atom. The van der Waals surface area contributed by atoms with Gasteiger partial charge in [0.2, 0.25) is 0 Å². The number of hydrogen-bond donors (Lipinski definition) is 0. The van der Waals surface area contributed by atoms with Crippen LogP contribution in [0.5, 0.6) is 0 Å². The summed E-state index contributed by atoms with van der Waals surface area (Å²) in [6, 6.07) is 37.7. The topological polar surface area (TPSA) is 70.3 Å². The van der Waals surface area contributed by atoms with Gasteiger partial charge in [0.05, 0.1) is 57.0 Å². The van der Waals surface area contributed by atoms with Crippen molar-refractivity contribution in [3.05, 3.63) is 137 Å². The summed E-state index contributed by atoms with van der Waals surface area (Å²) in [7, 11) is 0. The van der Waals surface area contributed by atoms with E-state index in [1.165, 1.54) is 22.3 Å². The van der Waals surface area contributed by atoms with E-state index < -0.39 is 0 Å². The maximum Gasteiger partial charge on any atom is 0.101 e. The highest BCUT2D eigenvalue weighted by molar-refractivity contribution is 6.12. The monoisotopic (exact) mass is 759 g/mol. The van der Waals surface area contributed by atoms with Gasteiger partial charge >= 0.3 is 0 Å². The molecular formula is C53H53N5. The van der Waals surface area contributed by atoms with Crippen molar-refractivity contribution in [3.8, 4) is 34.6 Å². The Balaban J connectivity index is 1.57. The summed E-state index contributed by atoms with van der Waals surface area (Å²) < 4.78 is 4.64. The molecule has 5 nitrogen and oxygen atoms in total. The Hall–Kier alpha value is -6.17. The quantitative estimate of drug-likeness (QED) is 0.180. The molecule has 0 saturated carbocycles. The SMILES string of the molecule is CC(C)(C)c1ccc2c(c1)c1cc(C(C)(C)C)ccc1n2-c1cncc(-n2c3ccc(C(C)(C)C)cc3c3cc(C(C)(C)C)ccc32)c1-c1cccc(C#N)c1C#N. The molecule has 0 radical (unpaired) electrons. The zero-order valence-electron chi connectivity index (χ0n) is 36.1. The Morgan fingerprint density at radius 1 is 0.448 bits per heavy atom. The Morgan fingerprint density at radius 3 is 1.09 bits per heavy atom. The molecule has 8 rings (SSSR count). The predicted octanol–water partition coefficient (Wildman–Crippen LogP) is 13.9. The highest BCUT2D eigenvalue weighted by Gasteiger charge is 2.28. The summed E-state index contributed by atoms with van der Waals surface area (Å²) >= 11 is 0. The highest BCUT2D eigenvalue weighted by Crippen LogP contribution is 2.45. The molecule has 0 fully saturated rings. The summed E-state index contributed by atoms with van der Waals surface area (Å²) in [5.41, 5.74) is 12.9. The number of nitriles is 2. The van der Waals surface area contributed by atoms with Gasteiger partial charge in [0.25, 0.3) is 0 Å². The molecule has 0 amide bonds. The van der Waals surface area contributed by atoms with Crippen LogP contribution in [0, 0.1) is 22.7 Å². The van der Waals surface area contributed by atoms with E-state index in [4.69, 9.17) is 4.98 Å². The van der Waals surface area contributed by atoms with Crippen molar-refractivity contribution in [2.45, 2.75) is 105 Å². The van der Waals surface area contributed by atoms with E-state index in [0.29, 0.717) is 16.7 Å². The van der Waals surface area contributed by atoms with Crippen LogP contribution >= 0.6 is 0 Å². The molecule has 0 saturated heterocycles. The van der Waals surface area contributed by atoms with Crippen LogP contribution in [0.4, 0.5) is 0 Å². The first kappa shape index (κ1) is 38.7. The fourth-order valence-electron chi connectivity index (χ4n) is 8.46. The summed E-state index contributed by atoms with van der Waals surface area (Å²) in [6.45, 7) is 27.1. The normalized spacial score (nSPS) is 12.8. The van der Waals surface area contributed by atoms with Crippen molar-refractivity contribution in [1.82, 2.24) is 14.1 Å². The molecule has 0 unspecified atom stereocenters. The summed E-state index contributed by atoms with van der Waals surface area (Å²) in [5, 5.41) is 25.8. The summed E-state index contributed by atoms with van der Waals surface area (Å²) in [4.78, 5) is 5.05. The van der Waals surface area contributed by atoms with E-state index in [1.54, 1.807) is 6.07 Å². The minimum absolute atomic E-state index is 0.0490. The van der Waals surface area contributed by atoms with Gasteiger partial charge in [0.1, 0.15) is 12.1 Å². The third-order valence-electron chi connectivity index (χ3n) is 11.9. The zero-order valence-corrected chi connectivity index (χ0v) is 36.1. The lowest BCUT2D eigenvalue weighted by atomic mass is 9.85. The van der Waals surface area contributed by atoms with Crippen LogP contribution < -0.4 is 0 Å². The van der Waals surface area contributed by atoms with E-state index in [0.717, 1.165) is 60.5 Å². The van der Waals surface area contributed by atoms with Crippen LogP contribution in [0.1, 0.15) is 116 Å². The maximum atomic E-state index is 10.8. The van der Waals surface area contributed by atoms with Gasteiger partial charge in [-0.2, -0.15) is 10.5 Å². The minimum Gasteiger partial charge on any atom is -0.307 e. The molecule has 0 aliphatic heterocycles. The van der Waals surface area contributed by atoms with Gasteiger partial charge < -0.3 is 9.13 Å². The largest absolute Gasteiger partial charge is 0.307 e. The summed E-state index contributed by atoms with van der Waals surface area (Å²) in [5.74, 6) is 0. The number of pyridine rings is 1. The second-order valence-electron chi connectivity index (χ2n) is 20.1. The van der Waals surface area contributed by atoms with Crippen LogP contribution in [0.15, 0.2) is 103 Å². The van der Waals surface area contributed by atoms with Gasteiger partial charge in [-0.15, -0.1) is 0 Å². The first-order valence-corrected chi connectivity index (χ1v) is 20.3. The molecule has 290 valence electrons. The number of rotatable bonds is 3. The van der Waals surface area contributed by atoms with Crippen LogP contribution in [-0.2, 0) is 21.7 Å². The summed E-state index contributed by atoms with van der Waals surface area (Å²) in [6.07, 6.45) is 3.85. The van der Waals surface area contributed by atoms with Crippen molar-refractivity contribution < 1.29 is 0 Å². The first-order chi connectivity index (χ1) is 27.2. The molecule has 5 aromatic carbocycles. The minimum atomic E-state index is -0.0490. The van der Waals surface area contributed by atoms with E-state index in [9.17, 15) is 10.5 Å². The zero-order chi connectivity index (χ0) is 41.7. The van der Waals surface area contributed by atoms with Crippen molar-refractivity contribution >= 4 is 43.6 Å². The van der Waals surface area contributed by atoms with E-state index in [2.05, 4.69) is 177 Å². The van der Waals surface area contributed by atoms with Crippen LogP contribution in [0.3, 0.4) is 0 Å². The van der Waals surface area contributed by atoms with E-state index in [-0.39, 0.29) is 21.7 Å². The standard InChI is InChI=1S/C53H53N5/c1-50(2,3)33-16-20-43-38(24-33)39-25-34(51(4,5)6)17-21-44(39)57(43)47-30-56-31-48(49(47)37-15-13-14-32(28-54)42(37)29-55)58-45-22-18-35(52(7,8)9)26-40(45)41-27-36(53(10,11)12)19-23-46(41)58/h13-27,30-31H,1-12H3. The van der Waals surface area contributed by atoms with Gasteiger partial charge in [-0.25, -0.2) is 0 Å². The van der Waals surface area contributed by atoms with Crippen LogP contribution in [0.25, 0.3) is 66.1 Å². The molecule has 0 aliphatic rings. The van der Waals surface area contributed by atoms with Gasteiger partial charge in [0.15, 0.2) is 0 Å². The van der Waals surface area contributed by atoms with E-state index in [1.807, 2.05) is 24.5 Å². The van der Waals surface area contributed by atoms with Crippen molar-refractivity contribution in [2.24, 2.45) is 0 Å². The smallest absolute Gasteiger partial charge is 0.101 e. The fourth-order valence-corrected chi connectivity index (χ4v) is 8.46. The molecule has 5 heteroatoms. The third-order valence-corrected chi connectivity index (χ3v) is 11.9. The lowest BCUT2D eigenvalue weighted by Gasteiger charge is -2.22. The van der Waals surface area contributed by atoms with Crippen molar-refractivity contribution in [1.29, 1.82) is 10.5 Å². The number of fused-ring (bicyclic) bond motifs is 6. The Labute approximate surface area is 343 Å². The maximum absolute atomic E-state index is 10.8. The molecule has 0 spiro atoms.